The molecule has 1 aromatic rings. The largest absolute Gasteiger partial charge is 0.460 e. The number of carbonyl (C=O) groups is 1. The van der Waals surface area contributed by atoms with Crippen LogP contribution in [0.25, 0.3) is 0 Å². The van der Waals surface area contributed by atoms with Crippen LogP contribution in [0.4, 0.5) is 18.9 Å². The molecular formula is C20H29F3N2O2. The molecule has 0 spiro atoms. The van der Waals surface area contributed by atoms with Crippen molar-refractivity contribution in [3.8, 4) is 0 Å². The first-order valence-corrected chi connectivity index (χ1v) is 9.32. The van der Waals surface area contributed by atoms with Crippen molar-refractivity contribution in [3.63, 3.8) is 0 Å². The number of hydrogen-bond donors (Lipinski definition) is 1. The van der Waals surface area contributed by atoms with Gasteiger partial charge in [0, 0.05) is 32.2 Å². The Balaban J connectivity index is 2.10. The van der Waals surface area contributed by atoms with Crippen LogP contribution in [-0.4, -0.2) is 38.3 Å². The van der Waals surface area contributed by atoms with Crippen LogP contribution in [0.2, 0.25) is 0 Å². The van der Waals surface area contributed by atoms with Crippen molar-refractivity contribution >= 4 is 11.7 Å². The normalized spacial score (nSPS) is 17.8. The van der Waals surface area contributed by atoms with Crippen LogP contribution in [0.1, 0.15) is 57.1 Å². The van der Waals surface area contributed by atoms with Gasteiger partial charge in [-0.15, -0.1) is 0 Å². The standard InChI is InChI=1S/C20H29F3N2O2/c1-19(2,3)27-18(26)6-5-11-25(4)17-12-15(20(21,22)23)7-8-16(17)14-9-10-24-13-14/h7-8,12,14,24H,5-6,9-11,13H2,1-4H3/t14-/m1/s1. The number of nitrogens with zero attached hydrogens (tertiary/aromatic N) is 1. The summed E-state index contributed by atoms with van der Waals surface area (Å²) < 4.78 is 44.8. The van der Waals surface area contributed by atoms with Crippen molar-refractivity contribution in [1.29, 1.82) is 0 Å². The van der Waals surface area contributed by atoms with Crippen molar-refractivity contribution in [2.75, 3.05) is 31.6 Å². The molecule has 1 saturated heterocycles. The maximum absolute atomic E-state index is 13.2. The average molecular weight is 386 g/mol. The van der Waals surface area contributed by atoms with E-state index in [1.54, 1.807) is 13.1 Å². The van der Waals surface area contributed by atoms with Crippen LogP contribution >= 0.6 is 0 Å². The Bertz CT molecular complexity index is 648. The van der Waals surface area contributed by atoms with E-state index in [0.717, 1.165) is 31.1 Å². The molecule has 4 nitrogen and oxygen atoms in total. The molecule has 0 unspecified atom stereocenters. The van der Waals surface area contributed by atoms with Gasteiger partial charge in [-0.05, 0) is 63.8 Å². The zero-order chi connectivity index (χ0) is 20.2. The highest BCUT2D eigenvalue weighted by Crippen LogP contribution is 2.37. The molecule has 1 atom stereocenters. The second-order valence-corrected chi connectivity index (χ2v) is 8.07. The van der Waals surface area contributed by atoms with Gasteiger partial charge in [0.2, 0.25) is 0 Å². The molecule has 1 N–H and O–H groups in total. The van der Waals surface area contributed by atoms with Gasteiger partial charge in [0.1, 0.15) is 5.60 Å². The topological polar surface area (TPSA) is 41.6 Å². The van der Waals surface area contributed by atoms with E-state index in [2.05, 4.69) is 5.32 Å². The third-order valence-electron chi connectivity index (χ3n) is 4.56. The lowest BCUT2D eigenvalue weighted by Gasteiger charge is -2.26. The zero-order valence-corrected chi connectivity index (χ0v) is 16.4. The molecule has 0 amide bonds. The summed E-state index contributed by atoms with van der Waals surface area (Å²) in [5.41, 5.74) is 0.328. The summed E-state index contributed by atoms with van der Waals surface area (Å²) in [6, 6.07) is 3.98. The number of ether oxygens (including phenoxy) is 1. The monoisotopic (exact) mass is 386 g/mol. The van der Waals surface area contributed by atoms with Crippen LogP contribution in [-0.2, 0) is 15.7 Å². The Labute approximate surface area is 159 Å². The number of anilines is 1. The number of hydrogen-bond acceptors (Lipinski definition) is 4. The third kappa shape index (κ3) is 6.41. The highest BCUT2D eigenvalue weighted by Gasteiger charge is 2.32. The predicted octanol–water partition coefficient (Wildman–Crippen LogP) is 4.34. The summed E-state index contributed by atoms with van der Waals surface area (Å²) in [5, 5.41) is 3.26. The average Bonchev–Trinajstić information content (AvgIpc) is 3.05. The maximum Gasteiger partial charge on any atom is 0.416 e. The predicted molar refractivity (Wildman–Crippen MR) is 100 cm³/mol. The molecule has 1 aromatic carbocycles. The van der Waals surface area contributed by atoms with Crippen molar-refractivity contribution in [2.24, 2.45) is 0 Å². The number of rotatable bonds is 6. The minimum absolute atomic E-state index is 0.204. The van der Waals surface area contributed by atoms with Crippen LogP contribution < -0.4 is 10.2 Å². The molecule has 0 saturated carbocycles. The van der Waals surface area contributed by atoms with Gasteiger partial charge in [0.05, 0.1) is 5.56 Å². The van der Waals surface area contributed by atoms with Crippen molar-refractivity contribution in [2.45, 2.75) is 57.7 Å². The smallest absolute Gasteiger partial charge is 0.416 e. The van der Waals surface area contributed by atoms with E-state index in [1.807, 2.05) is 25.7 Å². The Kier molecular flexibility index (Phi) is 6.78. The molecular weight excluding hydrogens is 357 g/mol. The van der Waals surface area contributed by atoms with Gasteiger partial charge in [-0.2, -0.15) is 13.2 Å². The summed E-state index contributed by atoms with van der Waals surface area (Å²) in [5.74, 6) is -0.0873. The third-order valence-corrected chi connectivity index (χ3v) is 4.56. The molecule has 1 aliphatic rings. The van der Waals surface area contributed by atoms with Gasteiger partial charge in [-0.3, -0.25) is 4.79 Å². The second-order valence-electron chi connectivity index (χ2n) is 8.07. The number of alkyl halides is 3. The summed E-state index contributed by atoms with van der Waals surface area (Å²) in [4.78, 5) is 13.7. The van der Waals surface area contributed by atoms with E-state index < -0.39 is 17.3 Å². The molecule has 1 fully saturated rings. The Morgan fingerprint density at radius 2 is 2.00 bits per heavy atom. The Morgan fingerprint density at radius 1 is 1.30 bits per heavy atom. The second kappa shape index (κ2) is 8.50. The van der Waals surface area contributed by atoms with Gasteiger partial charge in [-0.1, -0.05) is 6.07 Å². The SMILES string of the molecule is CN(CCCC(=O)OC(C)(C)C)c1cc(C(F)(F)F)ccc1[C@@H]1CCNC1. The van der Waals surface area contributed by atoms with E-state index in [0.29, 0.717) is 18.7 Å². The van der Waals surface area contributed by atoms with E-state index in [-0.39, 0.29) is 18.3 Å². The summed E-state index contributed by atoms with van der Waals surface area (Å²) >= 11 is 0. The highest BCUT2D eigenvalue weighted by atomic mass is 19.4. The summed E-state index contributed by atoms with van der Waals surface area (Å²) in [7, 11) is 1.77. The van der Waals surface area contributed by atoms with Crippen LogP contribution in [0.15, 0.2) is 18.2 Å². The van der Waals surface area contributed by atoms with Gasteiger partial charge < -0.3 is 15.0 Å². The van der Waals surface area contributed by atoms with Crippen molar-refractivity contribution in [1.82, 2.24) is 5.32 Å². The first kappa shape index (κ1) is 21.5. The molecule has 1 heterocycles. The molecule has 0 radical (unpaired) electrons. The maximum atomic E-state index is 13.2. The fourth-order valence-corrected chi connectivity index (χ4v) is 3.29. The molecule has 1 aliphatic heterocycles. The van der Waals surface area contributed by atoms with Gasteiger partial charge in [-0.25, -0.2) is 0 Å². The first-order chi connectivity index (χ1) is 12.5. The van der Waals surface area contributed by atoms with E-state index in [1.165, 1.54) is 6.07 Å². The molecule has 152 valence electrons. The van der Waals surface area contributed by atoms with Crippen LogP contribution in [0, 0.1) is 0 Å². The number of esters is 1. The quantitative estimate of drug-likeness (QED) is 0.739. The van der Waals surface area contributed by atoms with Gasteiger partial charge >= 0.3 is 12.1 Å². The lowest BCUT2D eigenvalue weighted by Crippen LogP contribution is -2.26. The van der Waals surface area contributed by atoms with Gasteiger partial charge in [0.15, 0.2) is 0 Å². The van der Waals surface area contributed by atoms with Crippen LogP contribution in [0.5, 0.6) is 0 Å². The molecule has 2 rings (SSSR count). The Morgan fingerprint density at radius 3 is 2.56 bits per heavy atom. The van der Waals surface area contributed by atoms with E-state index in [9.17, 15) is 18.0 Å². The first-order valence-electron chi connectivity index (χ1n) is 9.32. The zero-order valence-electron chi connectivity index (χ0n) is 16.4. The number of carbonyl (C=O) groups excluding carboxylic acids is 1. The van der Waals surface area contributed by atoms with E-state index >= 15 is 0 Å². The number of halogens is 3. The molecule has 0 aromatic heterocycles. The number of nitrogens with one attached hydrogen (secondary N) is 1. The van der Waals surface area contributed by atoms with Crippen molar-refractivity contribution in [3.05, 3.63) is 29.3 Å². The summed E-state index contributed by atoms with van der Waals surface area (Å²) in [6.45, 7) is 7.54. The molecule has 7 heteroatoms. The fourth-order valence-electron chi connectivity index (χ4n) is 3.29. The fraction of sp³-hybridized carbons (Fsp3) is 0.650. The Hall–Kier alpha value is -1.76. The van der Waals surface area contributed by atoms with Crippen molar-refractivity contribution < 1.29 is 22.7 Å². The van der Waals surface area contributed by atoms with Crippen LogP contribution in [0.3, 0.4) is 0 Å². The van der Waals surface area contributed by atoms with E-state index in [4.69, 9.17) is 4.74 Å². The minimum Gasteiger partial charge on any atom is -0.460 e. The number of benzene rings is 1. The summed E-state index contributed by atoms with van der Waals surface area (Å²) in [6.07, 6.45) is -2.71. The lowest BCUT2D eigenvalue weighted by molar-refractivity contribution is -0.154. The van der Waals surface area contributed by atoms with Gasteiger partial charge in [0.25, 0.3) is 0 Å². The molecule has 0 aliphatic carbocycles. The molecule has 27 heavy (non-hydrogen) atoms. The molecule has 0 bridgehead atoms. The minimum atomic E-state index is -4.38. The highest BCUT2D eigenvalue weighted by molar-refractivity contribution is 5.70. The lowest BCUT2D eigenvalue weighted by atomic mass is 9.94.